The molecule has 2 N–H and O–H groups in total. The molecule has 5 atom stereocenters. The van der Waals surface area contributed by atoms with Crippen LogP contribution in [0.25, 0.3) is 0 Å². The number of anilines is 1. The Labute approximate surface area is 312 Å². The van der Waals surface area contributed by atoms with Crippen molar-refractivity contribution in [1.29, 1.82) is 0 Å². The second-order valence-corrected chi connectivity index (χ2v) is 16.9. The van der Waals surface area contributed by atoms with Crippen LogP contribution in [-0.2, 0) is 43.6 Å². The molecule has 54 heavy (non-hydrogen) atoms. The molecule has 3 amide bonds. The van der Waals surface area contributed by atoms with Crippen molar-refractivity contribution in [3.63, 3.8) is 0 Å². The number of hydrogen-bond acceptors (Lipinski definition) is 8. The van der Waals surface area contributed by atoms with Crippen molar-refractivity contribution < 1.29 is 45.1 Å². The second kappa shape index (κ2) is 15.0. The molecule has 11 nitrogen and oxygen atoms in total. The van der Waals surface area contributed by atoms with Crippen LogP contribution in [0.2, 0.25) is 0 Å². The fourth-order valence-corrected chi connectivity index (χ4v) is 8.74. The van der Waals surface area contributed by atoms with E-state index in [0.717, 1.165) is 12.1 Å². The Balaban J connectivity index is 1.27. The van der Waals surface area contributed by atoms with Crippen LogP contribution in [0.4, 0.5) is 28.0 Å². The van der Waals surface area contributed by atoms with Gasteiger partial charge in [0.05, 0.1) is 41.9 Å². The summed E-state index contributed by atoms with van der Waals surface area (Å²) in [6, 6.07) is 7.47. The minimum absolute atomic E-state index is 0.0155. The average Bonchev–Trinajstić information content (AvgIpc) is 3.99. The smallest absolute Gasteiger partial charge is 0.416 e. The number of halogens is 4. The molecule has 3 fully saturated rings. The van der Waals surface area contributed by atoms with Gasteiger partial charge < -0.3 is 15.0 Å². The highest BCUT2D eigenvalue weighted by molar-refractivity contribution is 7.90. The fraction of sp³-hybridized carbons (Fsp3) is 0.526. The van der Waals surface area contributed by atoms with E-state index in [1.807, 2.05) is 6.92 Å². The van der Waals surface area contributed by atoms with E-state index in [1.165, 1.54) is 28.0 Å². The average molecular weight is 776 g/mol. The first-order valence-electron chi connectivity index (χ1n) is 18.2. The van der Waals surface area contributed by atoms with E-state index in [1.54, 1.807) is 32.1 Å². The molecular weight excluding hydrogens is 731 g/mol. The fourth-order valence-electron chi connectivity index (χ4n) is 7.43. The number of likely N-dealkylation sites (tertiary alicyclic amines) is 1. The summed E-state index contributed by atoms with van der Waals surface area (Å²) in [5.41, 5.74) is -0.205. The highest BCUT2D eigenvalue weighted by Crippen LogP contribution is 2.51. The van der Waals surface area contributed by atoms with Gasteiger partial charge in [0, 0.05) is 35.8 Å². The normalized spacial score (nSPS) is 24.6. The van der Waals surface area contributed by atoms with Crippen LogP contribution in [0, 0.1) is 17.7 Å². The molecule has 0 bridgehead atoms. The lowest BCUT2D eigenvalue weighted by molar-refractivity contribution is -0.137. The molecule has 6 rings (SSSR count). The lowest BCUT2D eigenvalue weighted by Gasteiger charge is -2.32. The van der Waals surface area contributed by atoms with E-state index >= 15 is 0 Å². The molecule has 292 valence electrons. The summed E-state index contributed by atoms with van der Waals surface area (Å²) in [7, 11) is -3.79. The lowest BCUT2D eigenvalue weighted by Crippen LogP contribution is -2.50. The number of hydrogen-bond donors (Lipinski definition) is 2. The summed E-state index contributed by atoms with van der Waals surface area (Å²) in [6.07, 6.45) is -2.84. The predicted molar refractivity (Wildman–Crippen MR) is 193 cm³/mol. The Morgan fingerprint density at radius 3 is 2.46 bits per heavy atom. The second-order valence-electron chi connectivity index (χ2n) is 15.0. The van der Waals surface area contributed by atoms with Crippen molar-refractivity contribution in [3.8, 4) is 0 Å². The van der Waals surface area contributed by atoms with Crippen LogP contribution in [0.15, 0.2) is 60.1 Å². The third kappa shape index (κ3) is 8.42. The zero-order valence-electron chi connectivity index (χ0n) is 30.4. The van der Waals surface area contributed by atoms with Crippen LogP contribution in [-0.4, -0.2) is 77.4 Å². The summed E-state index contributed by atoms with van der Waals surface area (Å²) in [4.78, 5) is 49.0. The van der Waals surface area contributed by atoms with E-state index in [4.69, 9.17) is 9.73 Å². The van der Waals surface area contributed by atoms with E-state index in [0.29, 0.717) is 42.5 Å². The maximum atomic E-state index is 14.5. The Hall–Kier alpha value is -4.47. The van der Waals surface area contributed by atoms with E-state index in [2.05, 4.69) is 16.6 Å². The van der Waals surface area contributed by atoms with Gasteiger partial charge in [-0.1, -0.05) is 45.0 Å². The molecule has 16 heteroatoms. The van der Waals surface area contributed by atoms with Crippen LogP contribution in [0.1, 0.15) is 76.0 Å². The predicted octanol–water partition coefficient (Wildman–Crippen LogP) is 6.20. The number of nitrogens with zero attached hydrogens (tertiary/aromatic N) is 3. The number of fused-ring (bicyclic) bond motifs is 1. The Morgan fingerprint density at radius 2 is 1.85 bits per heavy atom. The van der Waals surface area contributed by atoms with Gasteiger partial charge in [0.15, 0.2) is 0 Å². The molecule has 4 aliphatic rings. The van der Waals surface area contributed by atoms with Crippen molar-refractivity contribution >= 4 is 39.3 Å². The van der Waals surface area contributed by atoms with Crippen molar-refractivity contribution in [2.24, 2.45) is 16.8 Å². The van der Waals surface area contributed by atoms with Crippen molar-refractivity contribution in [3.05, 3.63) is 77.6 Å². The molecule has 2 aliphatic carbocycles. The number of alkyl halides is 3. The highest BCUT2D eigenvalue weighted by atomic mass is 32.2. The molecule has 2 aliphatic heterocycles. The van der Waals surface area contributed by atoms with Gasteiger partial charge in [-0.25, -0.2) is 17.6 Å². The van der Waals surface area contributed by atoms with Gasteiger partial charge in [0.25, 0.3) is 0 Å². The largest absolute Gasteiger partial charge is 0.444 e. The molecule has 2 saturated carbocycles. The summed E-state index contributed by atoms with van der Waals surface area (Å²) in [5.74, 6) is -2.21. The van der Waals surface area contributed by atoms with E-state index in [9.17, 15) is 40.4 Å². The van der Waals surface area contributed by atoms with Crippen LogP contribution in [0.5, 0.6) is 0 Å². The number of amides is 3. The maximum Gasteiger partial charge on any atom is 0.416 e. The van der Waals surface area contributed by atoms with Crippen molar-refractivity contribution in [1.82, 2.24) is 14.5 Å². The molecule has 0 aromatic heterocycles. The number of carbonyl (C=O) groups excluding carboxylic acids is 3. The Kier molecular flexibility index (Phi) is 10.9. The van der Waals surface area contributed by atoms with Crippen LogP contribution in [0.3, 0.4) is 0 Å². The third-order valence-electron chi connectivity index (χ3n) is 10.6. The number of benzene rings is 2. The van der Waals surface area contributed by atoms with Gasteiger partial charge in [0.1, 0.15) is 18.0 Å². The van der Waals surface area contributed by atoms with Crippen LogP contribution >= 0.6 is 0 Å². The first-order chi connectivity index (χ1) is 25.4. The number of rotatable bonds is 13. The Bertz CT molecular complexity index is 1950. The molecule has 0 spiro atoms. The highest BCUT2D eigenvalue weighted by Gasteiger charge is 2.55. The van der Waals surface area contributed by atoms with Gasteiger partial charge in [-0.3, -0.25) is 24.2 Å². The van der Waals surface area contributed by atoms with Gasteiger partial charge in [-0.15, -0.1) is 6.58 Å². The zero-order chi connectivity index (χ0) is 39.2. The topological polar surface area (TPSA) is 137 Å². The molecule has 5 unspecified atom stereocenters. The third-order valence-corrected chi connectivity index (χ3v) is 12.5. The van der Waals surface area contributed by atoms with Gasteiger partial charge in [-0.05, 0) is 61.4 Å². The van der Waals surface area contributed by atoms with Crippen molar-refractivity contribution in [2.45, 2.75) is 108 Å². The van der Waals surface area contributed by atoms with Gasteiger partial charge in [-0.2, -0.15) is 13.2 Å². The number of carbonyl (C=O) groups is 3. The number of sulfonamides is 1. The zero-order valence-corrected chi connectivity index (χ0v) is 31.2. The summed E-state index contributed by atoms with van der Waals surface area (Å²) >= 11 is 0. The summed E-state index contributed by atoms with van der Waals surface area (Å²) in [5, 5.41) is 2.40. The minimum Gasteiger partial charge on any atom is -0.444 e. The molecule has 2 heterocycles. The van der Waals surface area contributed by atoms with Crippen LogP contribution < -0.4 is 10.0 Å². The van der Waals surface area contributed by atoms with E-state index in [-0.39, 0.29) is 44.1 Å². The SMILES string of the molecule is C=CC1CC1(CC(=O)NS(=O)(=O)C1CC1)N=C(CC)C1CC(OC(=O)N2Cc3cccc(F)c3C2)CN1C(=O)C(Nc1cccc(C(F)(F)F)c1)C(C)C. The summed E-state index contributed by atoms with van der Waals surface area (Å²) < 4.78 is 88.3. The Morgan fingerprint density at radius 1 is 1.13 bits per heavy atom. The van der Waals surface area contributed by atoms with Crippen molar-refractivity contribution in [2.75, 3.05) is 11.9 Å². The van der Waals surface area contributed by atoms with Gasteiger partial charge in [0.2, 0.25) is 21.8 Å². The van der Waals surface area contributed by atoms with E-state index < -0.39 is 80.4 Å². The quantitative estimate of drug-likeness (QED) is 0.141. The maximum absolute atomic E-state index is 14.5. The number of aliphatic imine (C=N–C) groups is 1. The first-order valence-corrected chi connectivity index (χ1v) is 19.7. The lowest BCUT2D eigenvalue weighted by atomic mass is 9.99. The molecule has 2 aromatic carbocycles. The standard InChI is InChI=1S/C38H45F4N5O6S/c1-5-24-17-37(24,18-33(48)45-54(51,52)28-13-14-28)44-31(6-2)32-16-27(53-36(50)46-19-23-9-7-12-30(39)29(23)21-46)20-47(32)35(49)34(22(3)4)43-26-11-8-10-25(15-26)38(40,41)42/h5,7-12,15,22,24,27-28,32,34,43H,1,6,13-14,16-21H2,2-4H3,(H,45,48). The summed E-state index contributed by atoms with van der Waals surface area (Å²) in [6.45, 7) is 9.31. The monoisotopic (exact) mass is 775 g/mol. The molecular formula is C38H45F4N5O6S. The minimum atomic E-state index is -4.60. The number of ether oxygens (including phenoxy) is 1. The first kappa shape index (κ1) is 39.2. The molecule has 1 saturated heterocycles. The molecule has 0 radical (unpaired) electrons. The molecule has 2 aromatic rings. The number of nitrogens with one attached hydrogen (secondary N) is 2. The van der Waals surface area contributed by atoms with Gasteiger partial charge >= 0.3 is 12.3 Å².